The van der Waals surface area contributed by atoms with E-state index in [4.69, 9.17) is 14.2 Å². The van der Waals surface area contributed by atoms with Crippen LogP contribution in [0.3, 0.4) is 0 Å². The Labute approximate surface area is 155 Å². The van der Waals surface area contributed by atoms with Crippen molar-refractivity contribution in [1.82, 2.24) is 4.90 Å². The minimum atomic E-state index is -1.66. The molecule has 0 spiro atoms. The Morgan fingerprint density at radius 1 is 1.23 bits per heavy atom. The lowest BCUT2D eigenvalue weighted by molar-refractivity contribution is -0.333. The Morgan fingerprint density at radius 2 is 1.92 bits per heavy atom. The van der Waals surface area contributed by atoms with Gasteiger partial charge in [-0.2, -0.15) is 0 Å². The molecule has 0 aromatic rings. The molecule has 2 fully saturated rings. The molecule has 26 heavy (non-hydrogen) atoms. The summed E-state index contributed by atoms with van der Waals surface area (Å²) in [4.78, 5) is 13.8. The van der Waals surface area contributed by atoms with Gasteiger partial charge < -0.3 is 34.4 Å². The van der Waals surface area contributed by atoms with Crippen LogP contribution in [0.2, 0.25) is 0 Å². The zero-order valence-corrected chi connectivity index (χ0v) is 15.8. The highest BCUT2D eigenvalue weighted by Crippen LogP contribution is 2.30. The van der Waals surface area contributed by atoms with Gasteiger partial charge in [0.25, 0.3) is 5.91 Å². The maximum absolute atomic E-state index is 12.4. The van der Waals surface area contributed by atoms with Crippen molar-refractivity contribution in [3.8, 4) is 0 Å². The molecule has 5 atom stereocenters. The smallest absolute Gasteiger partial charge is 0.254 e. The van der Waals surface area contributed by atoms with Crippen LogP contribution in [0, 0.1) is 0 Å². The number of hydrogen-bond donors (Lipinski definition) is 3. The van der Waals surface area contributed by atoms with Crippen molar-refractivity contribution in [2.75, 3.05) is 32.9 Å². The fourth-order valence-corrected chi connectivity index (χ4v) is 3.35. The van der Waals surface area contributed by atoms with Crippen LogP contribution < -0.4 is 0 Å². The molecule has 0 radical (unpaired) electrons. The molecule has 0 aromatic heterocycles. The zero-order chi connectivity index (χ0) is 19.2. The molecular formula is C18H33NO7. The molecule has 8 nitrogen and oxygen atoms in total. The molecular weight excluding hydrogens is 342 g/mol. The van der Waals surface area contributed by atoms with Crippen molar-refractivity contribution in [3.05, 3.63) is 0 Å². The van der Waals surface area contributed by atoms with Crippen molar-refractivity contribution in [3.63, 3.8) is 0 Å². The van der Waals surface area contributed by atoms with Gasteiger partial charge in [-0.3, -0.25) is 4.79 Å². The number of rotatable bonds is 8. The van der Waals surface area contributed by atoms with Crippen LogP contribution in [0.15, 0.2) is 0 Å². The van der Waals surface area contributed by atoms with E-state index in [9.17, 15) is 20.1 Å². The minimum Gasteiger partial charge on any atom is -0.388 e. The summed E-state index contributed by atoms with van der Waals surface area (Å²) in [6.45, 7) is 5.43. The molecule has 2 heterocycles. The Morgan fingerprint density at radius 3 is 2.58 bits per heavy atom. The molecule has 0 saturated carbocycles. The Kier molecular flexibility index (Phi) is 8.25. The molecule has 8 heteroatoms. The standard InChI is InChI=1S/C18H33NO7/c1-3-4-5-6-7-18(2)25-12-13(20)16(26-18)14(21)15(22)17(23)19-8-10-24-11-9-19/h13-16,20-22H,3-12H2,1-2H3/t13-,14-,15-,16-,18?/m1/s1. The van der Waals surface area contributed by atoms with E-state index in [-0.39, 0.29) is 6.61 Å². The van der Waals surface area contributed by atoms with E-state index < -0.39 is 36.1 Å². The first-order valence-corrected chi connectivity index (χ1v) is 9.60. The lowest BCUT2D eigenvalue weighted by atomic mass is 9.98. The molecule has 1 amide bonds. The fourth-order valence-electron chi connectivity index (χ4n) is 3.35. The summed E-state index contributed by atoms with van der Waals surface area (Å²) in [5.41, 5.74) is 0. The molecule has 0 aromatic carbocycles. The Bertz CT molecular complexity index is 443. The van der Waals surface area contributed by atoms with Crippen LogP contribution in [0.1, 0.15) is 46.0 Å². The summed E-state index contributed by atoms with van der Waals surface area (Å²) in [5.74, 6) is -1.52. The van der Waals surface area contributed by atoms with Crippen molar-refractivity contribution < 1.29 is 34.3 Å². The predicted molar refractivity (Wildman–Crippen MR) is 93.4 cm³/mol. The first kappa shape index (κ1) is 21.5. The lowest BCUT2D eigenvalue weighted by Crippen LogP contribution is -2.60. The molecule has 3 N–H and O–H groups in total. The number of amides is 1. The third-order valence-corrected chi connectivity index (χ3v) is 5.04. The maximum Gasteiger partial charge on any atom is 0.254 e. The number of ether oxygens (including phenoxy) is 3. The largest absolute Gasteiger partial charge is 0.388 e. The summed E-state index contributed by atoms with van der Waals surface area (Å²) in [6, 6.07) is 0. The van der Waals surface area contributed by atoms with Crippen molar-refractivity contribution in [2.45, 2.75) is 76.2 Å². The fraction of sp³-hybridized carbons (Fsp3) is 0.944. The van der Waals surface area contributed by atoms with E-state index in [1.165, 1.54) is 4.90 Å². The molecule has 1 unspecified atom stereocenters. The van der Waals surface area contributed by atoms with E-state index in [2.05, 4.69) is 6.92 Å². The number of hydrogen-bond acceptors (Lipinski definition) is 7. The lowest BCUT2D eigenvalue weighted by Gasteiger charge is -2.43. The van der Waals surface area contributed by atoms with Crippen LogP contribution >= 0.6 is 0 Å². The monoisotopic (exact) mass is 375 g/mol. The number of unbranched alkanes of at least 4 members (excludes halogenated alkanes) is 3. The normalized spacial score (nSPS) is 32.3. The van der Waals surface area contributed by atoms with Gasteiger partial charge in [-0.25, -0.2) is 0 Å². The summed E-state index contributed by atoms with van der Waals surface area (Å²) in [6.07, 6.45) is -0.566. The topological polar surface area (TPSA) is 109 Å². The summed E-state index contributed by atoms with van der Waals surface area (Å²) < 4.78 is 16.6. The number of aliphatic hydroxyl groups is 3. The van der Waals surface area contributed by atoms with Gasteiger partial charge in [-0.1, -0.05) is 26.2 Å². The number of nitrogens with zero attached hydrogens (tertiary/aromatic N) is 1. The molecule has 0 aliphatic carbocycles. The Balaban J connectivity index is 1.94. The molecule has 2 rings (SSSR count). The van der Waals surface area contributed by atoms with Crippen LogP contribution in [0.5, 0.6) is 0 Å². The van der Waals surface area contributed by atoms with Crippen LogP contribution in [-0.2, 0) is 19.0 Å². The molecule has 0 bridgehead atoms. The summed E-state index contributed by atoms with van der Waals surface area (Å²) >= 11 is 0. The zero-order valence-electron chi connectivity index (χ0n) is 15.8. The van der Waals surface area contributed by atoms with Gasteiger partial charge in [-0.15, -0.1) is 0 Å². The Hall–Kier alpha value is -0.770. The van der Waals surface area contributed by atoms with Crippen LogP contribution in [0.25, 0.3) is 0 Å². The van der Waals surface area contributed by atoms with Gasteiger partial charge in [0.05, 0.1) is 19.8 Å². The van der Waals surface area contributed by atoms with E-state index in [0.29, 0.717) is 32.7 Å². The molecule has 2 aliphatic heterocycles. The second kappa shape index (κ2) is 9.96. The van der Waals surface area contributed by atoms with Gasteiger partial charge in [0.1, 0.15) is 18.3 Å². The van der Waals surface area contributed by atoms with Crippen molar-refractivity contribution in [2.24, 2.45) is 0 Å². The van der Waals surface area contributed by atoms with E-state index in [1.807, 2.05) is 0 Å². The average Bonchev–Trinajstić information content (AvgIpc) is 2.66. The van der Waals surface area contributed by atoms with Gasteiger partial charge in [0, 0.05) is 19.5 Å². The molecule has 2 saturated heterocycles. The molecule has 152 valence electrons. The first-order chi connectivity index (χ1) is 12.4. The number of carbonyl (C=O) groups is 1. The van der Waals surface area contributed by atoms with Gasteiger partial charge in [0.2, 0.25) is 0 Å². The van der Waals surface area contributed by atoms with Gasteiger partial charge >= 0.3 is 0 Å². The van der Waals surface area contributed by atoms with Crippen molar-refractivity contribution >= 4 is 5.91 Å². The van der Waals surface area contributed by atoms with Gasteiger partial charge in [0.15, 0.2) is 11.9 Å². The third-order valence-electron chi connectivity index (χ3n) is 5.04. The highest BCUT2D eigenvalue weighted by atomic mass is 16.7. The highest BCUT2D eigenvalue weighted by molar-refractivity contribution is 5.81. The van der Waals surface area contributed by atoms with E-state index >= 15 is 0 Å². The number of morpholine rings is 1. The predicted octanol–water partition coefficient (Wildman–Crippen LogP) is 0.0299. The number of aliphatic hydroxyl groups excluding tert-OH is 3. The highest BCUT2D eigenvalue weighted by Gasteiger charge is 2.45. The molecule has 2 aliphatic rings. The van der Waals surface area contributed by atoms with Gasteiger partial charge in [-0.05, 0) is 13.3 Å². The summed E-state index contributed by atoms with van der Waals surface area (Å²) in [5, 5.41) is 31.0. The average molecular weight is 375 g/mol. The minimum absolute atomic E-state index is 0.00946. The van der Waals surface area contributed by atoms with Crippen molar-refractivity contribution in [1.29, 1.82) is 0 Å². The summed E-state index contributed by atoms with van der Waals surface area (Å²) in [7, 11) is 0. The van der Waals surface area contributed by atoms with Crippen LogP contribution in [-0.4, -0.2) is 89.2 Å². The maximum atomic E-state index is 12.4. The number of carbonyl (C=O) groups excluding carboxylic acids is 1. The first-order valence-electron chi connectivity index (χ1n) is 9.60. The third kappa shape index (κ3) is 5.61. The van der Waals surface area contributed by atoms with Crippen LogP contribution in [0.4, 0.5) is 0 Å². The SMILES string of the molecule is CCCCCCC1(C)OC[C@@H](O)[C@H]([C@H](O)[C@@H](O)C(=O)N2CCOCC2)O1. The second-order valence-corrected chi connectivity index (χ2v) is 7.28. The van der Waals surface area contributed by atoms with E-state index in [1.54, 1.807) is 6.92 Å². The van der Waals surface area contributed by atoms with E-state index in [0.717, 1.165) is 25.7 Å². The second-order valence-electron chi connectivity index (χ2n) is 7.28. The quantitative estimate of drug-likeness (QED) is 0.514.